The first-order valence-electron chi connectivity index (χ1n) is 16.7. The van der Waals surface area contributed by atoms with E-state index in [0.29, 0.717) is 23.5 Å². The van der Waals surface area contributed by atoms with Crippen LogP contribution in [-0.2, 0) is 4.79 Å². The summed E-state index contributed by atoms with van der Waals surface area (Å²) in [6, 6.07) is 0. The summed E-state index contributed by atoms with van der Waals surface area (Å²) in [6.07, 6.45) is 26.4. The van der Waals surface area contributed by atoms with Gasteiger partial charge in [-0.15, -0.1) is 0 Å². The van der Waals surface area contributed by atoms with Gasteiger partial charge in [0.25, 0.3) is 0 Å². The first-order chi connectivity index (χ1) is 17.5. The van der Waals surface area contributed by atoms with E-state index in [4.69, 9.17) is 0 Å². The number of carbonyl (C=O) groups is 1. The van der Waals surface area contributed by atoms with Crippen molar-refractivity contribution in [2.45, 2.75) is 189 Å². The average Bonchev–Trinajstić information content (AvgIpc) is 2.81. The van der Waals surface area contributed by atoms with Gasteiger partial charge in [0.15, 0.2) is 0 Å². The van der Waals surface area contributed by atoms with Gasteiger partial charge in [0, 0.05) is 12.8 Å². The minimum atomic E-state index is -0.225. The molecule has 1 N–H and O–H groups in total. The van der Waals surface area contributed by atoms with E-state index < -0.39 is 0 Å². The lowest BCUT2D eigenvalue weighted by Gasteiger charge is -2.49. The highest BCUT2D eigenvalue weighted by Crippen LogP contribution is 2.49. The number of ketones is 1. The first-order valence-corrected chi connectivity index (χ1v) is 16.7. The van der Waals surface area contributed by atoms with Crippen LogP contribution < -0.4 is 0 Å². The Morgan fingerprint density at radius 3 is 1.30 bits per heavy atom. The molecule has 220 valence electrons. The largest absolute Gasteiger partial charge is 0.393 e. The number of rotatable bonds is 20. The third kappa shape index (κ3) is 15.7. The Balaban J connectivity index is 2.07. The molecule has 0 bridgehead atoms. The van der Waals surface area contributed by atoms with E-state index in [-0.39, 0.29) is 16.9 Å². The molecule has 1 aliphatic rings. The summed E-state index contributed by atoms with van der Waals surface area (Å²) in [5, 5.41) is 11.1. The molecule has 0 aromatic heterocycles. The minimum absolute atomic E-state index is 0.110. The summed E-state index contributed by atoms with van der Waals surface area (Å²) >= 11 is 0. The van der Waals surface area contributed by atoms with Crippen molar-refractivity contribution in [3.8, 4) is 0 Å². The SMILES string of the molecule is CCCCCCCCCCCCCCCCCCC(=O)CCC1CC(C(C)(C)C)C(O)C(C(C)(C)C)C1. The Kier molecular flexibility index (Phi) is 17.6. The van der Waals surface area contributed by atoms with Gasteiger partial charge in [-0.25, -0.2) is 0 Å². The molecule has 0 spiro atoms. The Morgan fingerprint density at radius 1 is 0.595 bits per heavy atom. The second kappa shape index (κ2) is 18.8. The third-order valence-corrected chi connectivity index (χ3v) is 9.36. The molecule has 0 aromatic carbocycles. The normalized spacial score (nSPS) is 22.9. The Morgan fingerprint density at radius 2 is 0.946 bits per heavy atom. The molecule has 0 aliphatic heterocycles. The molecule has 1 saturated carbocycles. The van der Waals surface area contributed by atoms with Crippen LogP contribution in [0.2, 0.25) is 0 Å². The second-order valence-electron chi connectivity index (χ2n) is 14.9. The molecule has 37 heavy (non-hydrogen) atoms. The molecular formula is C35H68O2. The molecular weight excluding hydrogens is 452 g/mol. The molecule has 0 radical (unpaired) electrons. The molecule has 0 heterocycles. The summed E-state index contributed by atoms with van der Waals surface area (Å²) in [5.74, 6) is 1.69. The van der Waals surface area contributed by atoms with Crippen LogP contribution in [0.1, 0.15) is 183 Å². The van der Waals surface area contributed by atoms with Gasteiger partial charge in [-0.1, -0.05) is 145 Å². The second-order valence-corrected chi connectivity index (χ2v) is 14.9. The zero-order valence-electron chi connectivity index (χ0n) is 26.5. The summed E-state index contributed by atoms with van der Waals surface area (Å²) in [7, 11) is 0. The molecule has 0 aromatic rings. The van der Waals surface area contributed by atoms with Gasteiger partial charge in [0.2, 0.25) is 0 Å². The van der Waals surface area contributed by atoms with E-state index in [1.165, 1.54) is 96.3 Å². The van der Waals surface area contributed by atoms with Crippen molar-refractivity contribution in [1.82, 2.24) is 0 Å². The molecule has 2 nitrogen and oxygen atoms in total. The van der Waals surface area contributed by atoms with Gasteiger partial charge >= 0.3 is 0 Å². The highest BCUT2D eigenvalue weighted by Gasteiger charge is 2.45. The minimum Gasteiger partial charge on any atom is -0.393 e. The van der Waals surface area contributed by atoms with Gasteiger partial charge in [0.1, 0.15) is 5.78 Å². The van der Waals surface area contributed by atoms with Gasteiger partial charge in [0.05, 0.1) is 6.10 Å². The first kappa shape index (κ1) is 34.7. The quantitative estimate of drug-likeness (QED) is 0.162. The standard InChI is InChI=1S/C35H68O2/c1-8-9-10-11-12-13-14-15-16-17-18-19-20-21-22-23-24-30(36)26-25-29-27-31(34(2,3)4)33(37)32(28-29)35(5,6)7/h29,31-33,37H,8-28H2,1-7H3. The maximum Gasteiger partial charge on any atom is 0.132 e. The van der Waals surface area contributed by atoms with E-state index >= 15 is 0 Å². The van der Waals surface area contributed by atoms with Crippen molar-refractivity contribution in [3.63, 3.8) is 0 Å². The summed E-state index contributed by atoms with van der Waals surface area (Å²) in [6.45, 7) is 15.9. The lowest BCUT2D eigenvalue weighted by Crippen LogP contribution is -2.47. The number of carbonyl (C=O) groups excluding carboxylic acids is 1. The van der Waals surface area contributed by atoms with Crippen molar-refractivity contribution in [1.29, 1.82) is 0 Å². The molecule has 0 amide bonds. The Labute approximate surface area is 233 Å². The van der Waals surface area contributed by atoms with E-state index in [1.54, 1.807) is 0 Å². The van der Waals surface area contributed by atoms with Crippen LogP contribution in [0, 0.1) is 28.6 Å². The number of aliphatic hydroxyl groups is 1. The number of Topliss-reactive ketones (excluding diaryl/α,β-unsaturated/α-hetero) is 1. The molecule has 1 aliphatic carbocycles. The predicted molar refractivity (Wildman–Crippen MR) is 163 cm³/mol. The van der Waals surface area contributed by atoms with Crippen LogP contribution in [-0.4, -0.2) is 17.0 Å². The van der Waals surface area contributed by atoms with Crippen molar-refractivity contribution in [2.75, 3.05) is 0 Å². The van der Waals surface area contributed by atoms with E-state index in [2.05, 4.69) is 48.5 Å². The lowest BCUT2D eigenvalue weighted by molar-refractivity contribution is -0.120. The smallest absolute Gasteiger partial charge is 0.132 e. The predicted octanol–water partition coefficient (Wildman–Crippen LogP) is 11.1. The van der Waals surface area contributed by atoms with Gasteiger partial charge in [-0.3, -0.25) is 4.79 Å². The number of aliphatic hydroxyl groups excluding tert-OH is 1. The fourth-order valence-electron chi connectivity index (χ4n) is 6.70. The topological polar surface area (TPSA) is 37.3 Å². The zero-order valence-corrected chi connectivity index (χ0v) is 26.5. The number of hydrogen-bond donors (Lipinski definition) is 1. The van der Waals surface area contributed by atoms with Crippen molar-refractivity contribution in [2.24, 2.45) is 28.6 Å². The maximum atomic E-state index is 12.6. The summed E-state index contributed by atoms with van der Waals surface area (Å²) in [4.78, 5) is 12.6. The fraction of sp³-hybridized carbons (Fsp3) is 0.971. The van der Waals surface area contributed by atoms with Crippen LogP contribution in [0.25, 0.3) is 0 Å². The maximum absolute atomic E-state index is 12.6. The molecule has 0 saturated heterocycles. The van der Waals surface area contributed by atoms with E-state index in [9.17, 15) is 9.90 Å². The Hall–Kier alpha value is -0.370. The zero-order chi connectivity index (χ0) is 27.7. The van der Waals surface area contributed by atoms with E-state index in [0.717, 1.165) is 38.5 Å². The fourth-order valence-corrected chi connectivity index (χ4v) is 6.70. The van der Waals surface area contributed by atoms with Gasteiger partial charge in [-0.05, 0) is 54.3 Å². The van der Waals surface area contributed by atoms with Gasteiger partial charge < -0.3 is 5.11 Å². The molecule has 1 rings (SSSR count). The van der Waals surface area contributed by atoms with Crippen LogP contribution in [0.15, 0.2) is 0 Å². The average molecular weight is 521 g/mol. The monoisotopic (exact) mass is 521 g/mol. The summed E-state index contributed by atoms with van der Waals surface area (Å²) in [5.41, 5.74) is 0.221. The molecule has 2 heteroatoms. The van der Waals surface area contributed by atoms with Crippen LogP contribution in [0.4, 0.5) is 0 Å². The molecule has 1 fully saturated rings. The van der Waals surface area contributed by atoms with E-state index in [1.807, 2.05) is 0 Å². The van der Waals surface area contributed by atoms with Gasteiger partial charge in [-0.2, -0.15) is 0 Å². The molecule has 2 unspecified atom stereocenters. The third-order valence-electron chi connectivity index (χ3n) is 9.36. The van der Waals surface area contributed by atoms with Crippen molar-refractivity contribution >= 4 is 5.78 Å². The van der Waals surface area contributed by atoms with Crippen LogP contribution >= 0.6 is 0 Å². The number of unbranched alkanes of at least 4 members (excludes halogenated alkanes) is 15. The van der Waals surface area contributed by atoms with Crippen LogP contribution in [0.5, 0.6) is 0 Å². The van der Waals surface area contributed by atoms with Crippen molar-refractivity contribution < 1.29 is 9.90 Å². The lowest BCUT2D eigenvalue weighted by atomic mass is 9.58. The number of hydrogen-bond acceptors (Lipinski definition) is 2. The Bertz CT molecular complexity index is 543. The van der Waals surface area contributed by atoms with Crippen LogP contribution in [0.3, 0.4) is 0 Å². The van der Waals surface area contributed by atoms with Crippen molar-refractivity contribution in [3.05, 3.63) is 0 Å². The molecule has 2 atom stereocenters. The highest BCUT2D eigenvalue weighted by molar-refractivity contribution is 5.78. The highest BCUT2D eigenvalue weighted by atomic mass is 16.3. The summed E-state index contributed by atoms with van der Waals surface area (Å²) < 4.78 is 0.